The summed E-state index contributed by atoms with van der Waals surface area (Å²) in [6.45, 7) is 17.3. The Hall–Kier alpha value is -3.02. The second-order valence-electron chi connectivity index (χ2n) is 5.77. The predicted molar refractivity (Wildman–Crippen MR) is 130 cm³/mol. The molecule has 0 bridgehead atoms. The first-order chi connectivity index (χ1) is 14.6. The Morgan fingerprint density at radius 3 is 1.93 bits per heavy atom. The van der Waals surface area contributed by atoms with Crippen molar-refractivity contribution in [1.82, 2.24) is 0 Å². The third kappa shape index (κ3) is 8.15. The molecule has 0 amide bonds. The molecule has 0 saturated heterocycles. The predicted octanol–water partition coefficient (Wildman–Crippen LogP) is 6.27. The summed E-state index contributed by atoms with van der Waals surface area (Å²) in [5.74, 6) is 1.24. The minimum absolute atomic E-state index is 0.622. The van der Waals surface area contributed by atoms with Gasteiger partial charge in [0.1, 0.15) is 0 Å². The molecule has 4 nitrogen and oxygen atoms in total. The molecule has 0 aliphatic carbocycles. The van der Waals surface area contributed by atoms with E-state index in [1.807, 2.05) is 63.3 Å². The molecule has 1 rings (SSSR count). The van der Waals surface area contributed by atoms with Gasteiger partial charge in [-0.05, 0) is 0 Å². The van der Waals surface area contributed by atoms with Crippen LogP contribution in [0.15, 0.2) is 131 Å². The van der Waals surface area contributed by atoms with E-state index in [0.717, 1.165) is 11.1 Å². The molecule has 0 aromatic rings. The van der Waals surface area contributed by atoms with Gasteiger partial charge in [-0.1, -0.05) is 0 Å². The van der Waals surface area contributed by atoms with Crippen molar-refractivity contribution in [3.63, 3.8) is 0 Å². The van der Waals surface area contributed by atoms with Crippen molar-refractivity contribution < 1.29 is 7.06 Å². The summed E-state index contributed by atoms with van der Waals surface area (Å²) in [5, 5.41) is 0. The molecule has 30 heavy (non-hydrogen) atoms. The fourth-order valence-electron chi connectivity index (χ4n) is 2.34. The Bertz CT molecular complexity index is 907. The van der Waals surface area contributed by atoms with Crippen LogP contribution in [0.25, 0.3) is 0 Å². The summed E-state index contributed by atoms with van der Waals surface area (Å²) in [6, 6.07) is 0. The van der Waals surface area contributed by atoms with Crippen LogP contribution in [0.1, 0.15) is 20.8 Å². The van der Waals surface area contributed by atoms with Crippen LogP contribution in [0.5, 0.6) is 0 Å². The van der Waals surface area contributed by atoms with Crippen LogP contribution in [0.2, 0.25) is 0 Å². The summed E-state index contributed by atoms with van der Waals surface area (Å²) in [7, 11) is 0. The van der Waals surface area contributed by atoms with Gasteiger partial charge in [0.2, 0.25) is 0 Å². The molecule has 1 heterocycles. The Kier molecular flexibility index (Phi) is 12.4. The van der Waals surface area contributed by atoms with Gasteiger partial charge in [0.15, 0.2) is 0 Å². The molecule has 1 radical (unpaired) electrons. The molecule has 0 fully saturated rings. The van der Waals surface area contributed by atoms with Crippen molar-refractivity contribution in [3.05, 3.63) is 121 Å². The van der Waals surface area contributed by atoms with Gasteiger partial charge in [0.25, 0.3) is 0 Å². The van der Waals surface area contributed by atoms with Crippen LogP contribution < -0.4 is 0 Å². The Morgan fingerprint density at radius 1 is 0.800 bits per heavy atom. The monoisotopic (exact) mass is 457 g/mol. The van der Waals surface area contributed by atoms with Gasteiger partial charge in [0, 0.05) is 0 Å². The van der Waals surface area contributed by atoms with Gasteiger partial charge in [-0.15, -0.1) is 0 Å². The number of hydrogen-bond acceptors (Lipinski definition) is 4. The van der Waals surface area contributed by atoms with E-state index in [1.54, 1.807) is 36.7 Å². The number of allylic oxidation sites excluding steroid dienone is 13. The molecule has 0 N–H and O–H groups in total. The van der Waals surface area contributed by atoms with Gasteiger partial charge in [0.05, 0.1) is 0 Å². The summed E-state index contributed by atoms with van der Waals surface area (Å²) < 4.78 is 12.0. The third-order valence-electron chi connectivity index (χ3n) is 3.61. The minimum atomic E-state index is -1.59. The molecular weight excluding hydrogens is 430 g/mol. The molecule has 5 heteroatoms. The van der Waals surface area contributed by atoms with Crippen LogP contribution in [-0.4, -0.2) is 30.6 Å². The molecule has 0 aromatic carbocycles. The van der Waals surface area contributed by atoms with Crippen molar-refractivity contribution in [3.8, 4) is 0 Å². The Balaban J connectivity index is 3.80. The summed E-state index contributed by atoms with van der Waals surface area (Å²) in [6.07, 6.45) is 23.6. The maximum absolute atomic E-state index is 6.01. The summed E-state index contributed by atoms with van der Waals surface area (Å²) in [5.41, 5.74) is 2.98. The fourth-order valence-corrected chi connectivity index (χ4v) is 3.81. The first kappa shape index (κ1) is 25.0. The topological polar surface area (TPSA) is 43.2 Å². The molecule has 1 aliphatic heterocycles. The average Bonchev–Trinajstić information content (AvgIpc) is 2.75. The van der Waals surface area contributed by atoms with E-state index in [-0.39, 0.29) is 0 Å². The first-order valence-corrected chi connectivity index (χ1v) is 11.5. The molecule has 0 spiro atoms. The zero-order chi connectivity index (χ0) is 22.2. The molecule has 1 aliphatic rings. The standard InChI is InChI=1S/C25H30N2O2.Ga/c1-7-13-20(24(28)12-6)18-26-22(15-9-3)23(16-10-4)27-19-21(14-8-2)25(29)17-11-5;/h7-19,28-29H,2,5-6H2,1,3-4H3;/q;+2/p-2/b13-7-,15-9-,16-10-,21-14-,23-22-,24-20-,25-17+,26-18-,27-19+;. The van der Waals surface area contributed by atoms with E-state index >= 15 is 0 Å². The van der Waals surface area contributed by atoms with E-state index in [9.17, 15) is 0 Å². The van der Waals surface area contributed by atoms with Crippen LogP contribution in [-0.2, 0) is 7.06 Å². The van der Waals surface area contributed by atoms with Crippen LogP contribution in [0, 0.1) is 0 Å². The molecule has 0 aromatic heterocycles. The third-order valence-corrected chi connectivity index (χ3v) is 5.08. The van der Waals surface area contributed by atoms with Gasteiger partial charge in [-0.3, -0.25) is 0 Å². The van der Waals surface area contributed by atoms with Crippen molar-refractivity contribution in [2.75, 3.05) is 0 Å². The summed E-state index contributed by atoms with van der Waals surface area (Å²) >= 11 is -1.59. The van der Waals surface area contributed by atoms with E-state index in [4.69, 9.17) is 7.06 Å². The normalized spacial score (nSPS) is 25.8. The first-order valence-electron chi connectivity index (χ1n) is 9.53. The Labute approximate surface area is 188 Å². The summed E-state index contributed by atoms with van der Waals surface area (Å²) in [4.78, 5) is 9.35. The van der Waals surface area contributed by atoms with E-state index in [1.165, 1.54) is 0 Å². The van der Waals surface area contributed by atoms with Gasteiger partial charge >= 0.3 is 189 Å². The second-order valence-corrected chi connectivity index (χ2v) is 7.16. The number of hydrogen-bond donors (Lipinski definition) is 0. The average molecular weight is 458 g/mol. The Morgan fingerprint density at radius 2 is 1.40 bits per heavy atom. The van der Waals surface area contributed by atoms with E-state index in [0.29, 0.717) is 22.9 Å². The number of aliphatic imine (C=N–C) groups is 2. The molecule has 153 valence electrons. The zero-order valence-corrected chi connectivity index (χ0v) is 20.3. The molecule has 0 atom stereocenters. The quantitative estimate of drug-likeness (QED) is 0.441. The number of rotatable bonds is 6. The van der Waals surface area contributed by atoms with Crippen molar-refractivity contribution in [2.45, 2.75) is 20.8 Å². The fraction of sp³-hybridized carbons (Fsp3) is 0.120. The van der Waals surface area contributed by atoms with Crippen LogP contribution >= 0.6 is 0 Å². The van der Waals surface area contributed by atoms with Gasteiger partial charge in [-0.25, -0.2) is 0 Å². The number of nitrogens with zero attached hydrogens (tertiary/aromatic N) is 2. The van der Waals surface area contributed by atoms with Crippen LogP contribution in [0.4, 0.5) is 0 Å². The van der Waals surface area contributed by atoms with Gasteiger partial charge in [-0.2, -0.15) is 0 Å². The molecule has 0 unspecified atom stereocenters. The van der Waals surface area contributed by atoms with Crippen molar-refractivity contribution >= 4 is 30.6 Å². The zero-order valence-electron chi connectivity index (χ0n) is 17.9. The van der Waals surface area contributed by atoms with Crippen molar-refractivity contribution in [1.29, 1.82) is 0 Å². The second kappa shape index (κ2) is 14.9. The van der Waals surface area contributed by atoms with Crippen LogP contribution in [0.3, 0.4) is 0 Å². The SMILES string of the molecule is C=C/C=C1/C=N/C(/C=C\C)=C(/C=C\C)\N=C/C(/C=C\C)=C(/C=C)[O][Ga][O]/C1=C/C=C. The molecule has 0 saturated carbocycles. The van der Waals surface area contributed by atoms with E-state index < -0.39 is 18.1 Å². The van der Waals surface area contributed by atoms with Crippen molar-refractivity contribution in [2.24, 2.45) is 9.98 Å². The van der Waals surface area contributed by atoms with Gasteiger partial charge < -0.3 is 0 Å². The van der Waals surface area contributed by atoms with E-state index in [2.05, 4.69) is 29.7 Å². The molecular formula is C25H28GaN2O2. The maximum atomic E-state index is 6.01.